The Morgan fingerprint density at radius 3 is 2.44 bits per heavy atom. The van der Waals surface area contributed by atoms with Crippen molar-refractivity contribution in [2.24, 2.45) is 0 Å². The molecule has 1 aromatic rings. The van der Waals surface area contributed by atoms with Crippen LogP contribution in [-0.2, 0) is 16.0 Å². The summed E-state index contributed by atoms with van der Waals surface area (Å²) in [7, 11) is 1.58. The van der Waals surface area contributed by atoms with Gasteiger partial charge in [0.2, 0.25) is 5.91 Å². The van der Waals surface area contributed by atoms with Crippen LogP contribution in [-0.4, -0.2) is 35.5 Å². The molecule has 5 heteroatoms. The zero-order valence-electron chi connectivity index (χ0n) is 9.97. The minimum Gasteiger partial charge on any atom is -0.478 e. The molecule has 4 nitrogen and oxygen atoms in total. The van der Waals surface area contributed by atoms with Crippen LogP contribution in [0.5, 0.6) is 0 Å². The first-order valence-electron chi connectivity index (χ1n) is 5.39. The second-order valence-corrected chi connectivity index (χ2v) is 3.81. The number of carboxylic acids is 1. The smallest absolute Gasteiger partial charge is 0.328 e. The van der Waals surface area contributed by atoms with Crippen molar-refractivity contribution in [3.63, 3.8) is 0 Å². The van der Waals surface area contributed by atoms with Gasteiger partial charge in [-0.3, -0.25) is 4.79 Å². The molecule has 1 N–H and O–H groups in total. The predicted octanol–water partition coefficient (Wildman–Crippen LogP) is 1.47. The molecule has 0 aliphatic carbocycles. The van der Waals surface area contributed by atoms with Gasteiger partial charge in [0.25, 0.3) is 0 Å². The van der Waals surface area contributed by atoms with Crippen molar-refractivity contribution in [1.29, 1.82) is 0 Å². The molecule has 18 heavy (non-hydrogen) atoms. The summed E-state index contributed by atoms with van der Waals surface area (Å²) in [4.78, 5) is 23.1. The summed E-state index contributed by atoms with van der Waals surface area (Å²) in [5, 5.41) is 8.38. The third-order valence-corrected chi connectivity index (χ3v) is 2.39. The number of benzene rings is 1. The average Bonchev–Trinajstić information content (AvgIpc) is 2.34. The van der Waals surface area contributed by atoms with E-state index in [1.54, 1.807) is 19.2 Å². The van der Waals surface area contributed by atoms with Crippen LogP contribution in [0, 0.1) is 5.82 Å². The number of hydrogen-bond donors (Lipinski definition) is 1. The SMILES string of the molecule is CN(CCc1ccc(F)cc1)C(=O)/C=C/C(=O)O. The highest BCUT2D eigenvalue weighted by molar-refractivity contribution is 5.93. The van der Waals surface area contributed by atoms with E-state index >= 15 is 0 Å². The van der Waals surface area contributed by atoms with Gasteiger partial charge in [-0.05, 0) is 24.1 Å². The van der Waals surface area contributed by atoms with Gasteiger partial charge in [-0.25, -0.2) is 9.18 Å². The van der Waals surface area contributed by atoms with Crippen molar-refractivity contribution < 1.29 is 19.1 Å². The van der Waals surface area contributed by atoms with Gasteiger partial charge in [0.1, 0.15) is 5.82 Å². The van der Waals surface area contributed by atoms with Gasteiger partial charge in [0.05, 0.1) is 0 Å². The number of likely N-dealkylation sites (N-methyl/N-ethyl adjacent to an activating group) is 1. The number of carboxylic acid groups (broad SMARTS) is 1. The monoisotopic (exact) mass is 251 g/mol. The van der Waals surface area contributed by atoms with Crippen LogP contribution in [0.25, 0.3) is 0 Å². The van der Waals surface area contributed by atoms with E-state index in [0.717, 1.165) is 17.7 Å². The molecule has 0 atom stereocenters. The minimum absolute atomic E-state index is 0.299. The Bertz CT molecular complexity index is 454. The summed E-state index contributed by atoms with van der Waals surface area (Å²) >= 11 is 0. The van der Waals surface area contributed by atoms with E-state index in [1.165, 1.54) is 17.0 Å². The summed E-state index contributed by atoms with van der Waals surface area (Å²) in [6, 6.07) is 6.03. The number of halogens is 1. The molecule has 1 aromatic carbocycles. The zero-order chi connectivity index (χ0) is 13.5. The van der Waals surface area contributed by atoms with Crippen molar-refractivity contribution in [2.45, 2.75) is 6.42 Å². The molecular weight excluding hydrogens is 237 g/mol. The summed E-state index contributed by atoms with van der Waals surface area (Å²) in [5.74, 6) is -1.83. The largest absolute Gasteiger partial charge is 0.478 e. The Balaban J connectivity index is 2.45. The molecule has 0 heterocycles. The van der Waals surface area contributed by atoms with Gasteiger partial charge in [-0.1, -0.05) is 12.1 Å². The number of aliphatic carboxylic acids is 1. The van der Waals surface area contributed by atoms with Crippen LogP contribution in [0.3, 0.4) is 0 Å². The summed E-state index contributed by atoms with van der Waals surface area (Å²) in [6.45, 7) is 0.439. The van der Waals surface area contributed by atoms with Crippen LogP contribution >= 0.6 is 0 Å². The van der Waals surface area contributed by atoms with Crippen molar-refractivity contribution in [1.82, 2.24) is 4.90 Å². The standard InChI is InChI=1S/C13H14FNO3/c1-15(12(16)6-7-13(17)18)9-8-10-2-4-11(14)5-3-10/h2-7H,8-9H2,1H3,(H,17,18)/b7-6+. The van der Waals surface area contributed by atoms with E-state index < -0.39 is 5.97 Å². The summed E-state index contributed by atoms with van der Waals surface area (Å²) in [5.41, 5.74) is 0.915. The second kappa shape index (κ2) is 6.54. The van der Waals surface area contributed by atoms with Gasteiger partial charge < -0.3 is 10.0 Å². The highest BCUT2D eigenvalue weighted by Gasteiger charge is 2.05. The topological polar surface area (TPSA) is 57.6 Å². The lowest BCUT2D eigenvalue weighted by Crippen LogP contribution is -2.27. The van der Waals surface area contributed by atoms with E-state index in [0.29, 0.717) is 13.0 Å². The zero-order valence-corrected chi connectivity index (χ0v) is 9.97. The van der Waals surface area contributed by atoms with E-state index in [-0.39, 0.29) is 11.7 Å². The first kappa shape index (κ1) is 13.9. The van der Waals surface area contributed by atoms with Crippen molar-refractivity contribution in [3.05, 3.63) is 47.8 Å². The maximum atomic E-state index is 12.7. The quantitative estimate of drug-likeness (QED) is 0.806. The minimum atomic E-state index is -1.16. The Labute approximate surface area is 104 Å². The maximum Gasteiger partial charge on any atom is 0.328 e. The highest BCUT2D eigenvalue weighted by atomic mass is 19.1. The molecule has 0 radical (unpaired) electrons. The highest BCUT2D eigenvalue weighted by Crippen LogP contribution is 2.04. The first-order valence-corrected chi connectivity index (χ1v) is 5.39. The number of carbonyl (C=O) groups excluding carboxylic acids is 1. The molecular formula is C13H14FNO3. The molecule has 0 aliphatic rings. The van der Waals surface area contributed by atoms with Crippen LogP contribution in [0.2, 0.25) is 0 Å². The second-order valence-electron chi connectivity index (χ2n) is 3.81. The molecule has 0 spiro atoms. The Morgan fingerprint density at radius 2 is 1.89 bits per heavy atom. The van der Waals surface area contributed by atoms with Crippen molar-refractivity contribution in [3.8, 4) is 0 Å². The molecule has 96 valence electrons. The summed E-state index contributed by atoms with van der Waals surface area (Å²) < 4.78 is 12.7. The van der Waals surface area contributed by atoms with Gasteiger partial charge in [-0.15, -0.1) is 0 Å². The number of hydrogen-bond acceptors (Lipinski definition) is 2. The van der Waals surface area contributed by atoms with E-state index in [4.69, 9.17) is 5.11 Å². The van der Waals surface area contributed by atoms with Crippen LogP contribution in [0.4, 0.5) is 4.39 Å². The van der Waals surface area contributed by atoms with Gasteiger partial charge >= 0.3 is 5.97 Å². The number of amides is 1. The molecule has 0 aliphatic heterocycles. The molecule has 0 unspecified atom stereocenters. The Kier molecular flexibility index (Phi) is 5.05. The molecule has 0 fully saturated rings. The van der Waals surface area contributed by atoms with Gasteiger partial charge in [0, 0.05) is 25.7 Å². The molecule has 1 rings (SSSR count). The molecule has 0 saturated heterocycles. The van der Waals surface area contributed by atoms with Gasteiger partial charge in [-0.2, -0.15) is 0 Å². The summed E-state index contributed by atoms with van der Waals surface area (Å²) in [6.07, 6.45) is 2.40. The molecule has 0 bridgehead atoms. The number of rotatable bonds is 5. The fourth-order valence-corrected chi connectivity index (χ4v) is 1.33. The third kappa shape index (κ3) is 4.78. The van der Waals surface area contributed by atoms with E-state index in [1.807, 2.05) is 0 Å². The van der Waals surface area contributed by atoms with Crippen molar-refractivity contribution >= 4 is 11.9 Å². The van der Waals surface area contributed by atoms with Crippen LogP contribution in [0.15, 0.2) is 36.4 Å². The fraction of sp³-hybridized carbons (Fsp3) is 0.231. The first-order chi connectivity index (χ1) is 8.49. The van der Waals surface area contributed by atoms with Gasteiger partial charge in [0.15, 0.2) is 0 Å². The fourth-order valence-electron chi connectivity index (χ4n) is 1.33. The van der Waals surface area contributed by atoms with E-state index in [9.17, 15) is 14.0 Å². The Hall–Kier alpha value is -2.17. The lowest BCUT2D eigenvalue weighted by Gasteiger charge is -2.14. The Morgan fingerprint density at radius 1 is 1.28 bits per heavy atom. The number of nitrogens with zero attached hydrogens (tertiary/aromatic N) is 1. The number of carbonyl (C=O) groups is 2. The maximum absolute atomic E-state index is 12.7. The molecule has 0 saturated carbocycles. The lowest BCUT2D eigenvalue weighted by atomic mass is 10.1. The predicted molar refractivity (Wildman–Crippen MR) is 64.5 cm³/mol. The third-order valence-electron chi connectivity index (χ3n) is 2.39. The van der Waals surface area contributed by atoms with Crippen molar-refractivity contribution in [2.75, 3.05) is 13.6 Å². The van der Waals surface area contributed by atoms with Crippen LogP contribution in [0.1, 0.15) is 5.56 Å². The molecule has 1 amide bonds. The van der Waals surface area contributed by atoms with Crippen LogP contribution < -0.4 is 0 Å². The normalized spacial score (nSPS) is 10.6. The lowest BCUT2D eigenvalue weighted by molar-refractivity contribution is -0.132. The molecule has 0 aromatic heterocycles. The average molecular weight is 251 g/mol. The van der Waals surface area contributed by atoms with E-state index in [2.05, 4.69) is 0 Å².